The molecule has 0 fully saturated rings. The van der Waals surface area contributed by atoms with Gasteiger partial charge in [0.2, 0.25) is 0 Å². The number of halogens is 1. The summed E-state index contributed by atoms with van der Waals surface area (Å²) in [5, 5.41) is 8.86. The fourth-order valence-corrected chi connectivity index (χ4v) is 2.09. The second kappa shape index (κ2) is 5.89. The molecule has 16 heavy (non-hydrogen) atoms. The summed E-state index contributed by atoms with van der Waals surface area (Å²) in [4.78, 5) is 10.8. The van der Waals surface area contributed by atoms with E-state index < -0.39 is 5.97 Å². The van der Waals surface area contributed by atoms with Crippen molar-refractivity contribution in [3.8, 4) is 5.75 Å². The van der Waals surface area contributed by atoms with Crippen LogP contribution in [0.1, 0.15) is 31.2 Å². The Hall–Kier alpha value is -1.03. The maximum Gasteiger partial charge on any atom is 0.303 e. The van der Waals surface area contributed by atoms with Gasteiger partial charge in [0.1, 0.15) is 5.75 Å². The molecule has 0 aromatic heterocycles. The molecule has 1 unspecified atom stereocenters. The highest BCUT2D eigenvalue weighted by molar-refractivity contribution is 9.10. The van der Waals surface area contributed by atoms with Gasteiger partial charge in [0.25, 0.3) is 0 Å². The van der Waals surface area contributed by atoms with Crippen molar-refractivity contribution < 1.29 is 14.6 Å². The van der Waals surface area contributed by atoms with Crippen LogP contribution in [0.25, 0.3) is 0 Å². The SMILES string of the molecule is CCC(CC(=O)O)c1cc(Br)ccc1OC. The smallest absolute Gasteiger partial charge is 0.303 e. The molecule has 1 N–H and O–H groups in total. The van der Waals surface area contributed by atoms with Crippen molar-refractivity contribution in [2.45, 2.75) is 25.7 Å². The van der Waals surface area contributed by atoms with Gasteiger partial charge in [-0.3, -0.25) is 4.79 Å². The molecule has 1 rings (SSSR count). The van der Waals surface area contributed by atoms with E-state index in [1.807, 2.05) is 25.1 Å². The number of hydrogen-bond donors (Lipinski definition) is 1. The molecule has 0 heterocycles. The van der Waals surface area contributed by atoms with E-state index in [-0.39, 0.29) is 12.3 Å². The minimum Gasteiger partial charge on any atom is -0.496 e. The molecule has 0 aliphatic carbocycles. The standard InChI is InChI=1S/C12H15BrO3/c1-3-8(6-12(14)15)10-7-9(13)4-5-11(10)16-2/h4-5,7-8H,3,6H2,1-2H3,(H,14,15). The first-order valence-electron chi connectivity index (χ1n) is 5.13. The largest absolute Gasteiger partial charge is 0.496 e. The third-order valence-electron chi connectivity index (χ3n) is 2.55. The summed E-state index contributed by atoms with van der Waals surface area (Å²) >= 11 is 3.39. The highest BCUT2D eigenvalue weighted by Crippen LogP contribution is 2.33. The van der Waals surface area contributed by atoms with E-state index in [2.05, 4.69) is 15.9 Å². The topological polar surface area (TPSA) is 46.5 Å². The Kier molecular flexibility index (Phi) is 4.80. The Morgan fingerprint density at radius 2 is 2.25 bits per heavy atom. The van der Waals surface area contributed by atoms with Gasteiger partial charge in [0.05, 0.1) is 13.5 Å². The van der Waals surface area contributed by atoms with Gasteiger partial charge in [-0.15, -0.1) is 0 Å². The van der Waals surface area contributed by atoms with Gasteiger partial charge in [-0.1, -0.05) is 22.9 Å². The molecule has 0 spiro atoms. The Morgan fingerprint density at radius 1 is 1.56 bits per heavy atom. The minimum atomic E-state index is -0.783. The Morgan fingerprint density at radius 3 is 2.75 bits per heavy atom. The van der Waals surface area contributed by atoms with E-state index in [1.165, 1.54) is 0 Å². The normalized spacial score (nSPS) is 12.2. The number of carbonyl (C=O) groups is 1. The zero-order valence-electron chi connectivity index (χ0n) is 9.37. The fraction of sp³-hybridized carbons (Fsp3) is 0.417. The molecular formula is C12H15BrO3. The number of aliphatic carboxylic acids is 1. The first-order valence-corrected chi connectivity index (χ1v) is 5.93. The molecule has 0 bridgehead atoms. The lowest BCUT2D eigenvalue weighted by molar-refractivity contribution is -0.137. The molecule has 88 valence electrons. The quantitative estimate of drug-likeness (QED) is 0.902. The summed E-state index contributed by atoms with van der Waals surface area (Å²) in [5.74, 6) is -0.0462. The van der Waals surface area contributed by atoms with Crippen LogP contribution < -0.4 is 4.74 Å². The molecule has 0 amide bonds. The van der Waals surface area contributed by atoms with Crippen molar-refractivity contribution in [2.75, 3.05) is 7.11 Å². The van der Waals surface area contributed by atoms with Gasteiger partial charge in [0.15, 0.2) is 0 Å². The molecule has 0 saturated carbocycles. The summed E-state index contributed by atoms with van der Waals surface area (Å²) in [6, 6.07) is 5.66. The van der Waals surface area contributed by atoms with Crippen LogP contribution >= 0.6 is 15.9 Å². The predicted octanol–water partition coefficient (Wildman–Crippen LogP) is 3.43. The Labute approximate surface area is 104 Å². The van der Waals surface area contributed by atoms with Gasteiger partial charge in [-0.2, -0.15) is 0 Å². The van der Waals surface area contributed by atoms with Crippen LogP contribution in [0.2, 0.25) is 0 Å². The molecule has 0 aliphatic heterocycles. The second-order valence-corrected chi connectivity index (χ2v) is 4.50. The van der Waals surface area contributed by atoms with Gasteiger partial charge < -0.3 is 9.84 Å². The lowest BCUT2D eigenvalue weighted by atomic mass is 9.92. The molecule has 1 atom stereocenters. The van der Waals surface area contributed by atoms with Crippen LogP contribution in [-0.2, 0) is 4.79 Å². The third-order valence-corrected chi connectivity index (χ3v) is 3.04. The van der Waals surface area contributed by atoms with E-state index in [9.17, 15) is 4.79 Å². The summed E-state index contributed by atoms with van der Waals surface area (Å²) in [5.41, 5.74) is 0.946. The monoisotopic (exact) mass is 286 g/mol. The van der Waals surface area contributed by atoms with Crippen molar-refractivity contribution in [1.82, 2.24) is 0 Å². The number of ether oxygens (including phenoxy) is 1. The second-order valence-electron chi connectivity index (χ2n) is 3.59. The molecule has 3 nitrogen and oxygen atoms in total. The number of hydrogen-bond acceptors (Lipinski definition) is 2. The molecule has 4 heteroatoms. The van der Waals surface area contributed by atoms with Crippen molar-refractivity contribution >= 4 is 21.9 Å². The molecular weight excluding hydrogens is 272 g/mol. The number of carboxylic acids is 1. The lowest BCUT2D eigenvalue weighted by Crippen LogP contribution is -2.07. The van der Waals surface area contributed by atoms with Crippen LogP contribution in [0.4, 0.5) is 0 Å². The molecule has 0 aliphatic rings. The number of benzene rings is 1. The zero-order chi connectivity index (χ0) is 12.1. The highest BCUT2D eigenvalue weighted by Gasteiger charge is 2.17. The van der Waals surface area contributed by atoms with Gasteiger partial charge >= 0.3 is 5.97 Å². The summed E-state index contributed by atoms with van der Waals surface area (Å²) in [6.45, 7) is 1.98. The summed E-state index contributed by atoms with van der Waals surface area (Å²) in [6.07, 6.45) is 0.905. The highest BCUT2D eigenvalue weighted by atomic mass is 79.9. The first kappa shape index (κ1) is 13.0. The van der Waals surface area contributed by atoms with Crippen LogP contribution in [0.15, 0.2) is 22.7 Å². The van der Waals surface area contributed by atoms with Crippen molar-refractivity contribution in [1.29, 1.82) is 0 Å². The fourth-order valence-electron chi connectivity index (χ4n) is 1.71. The summed E-state index contributed by atoms with van der Waals surface area (Å²) < 4.78 is 6.19. The summed E-state index contributed by atoms with van der Waals surface area (Å²) in [7, 11) is 1.60. The van der Waals surface area contributed by atoms with Crippen molar-refractivity contribution in [2.24, 2.45) is 0 Å². The van der Waals surface area contributed by atoms with Gasteiger partial charge in [0, 0.05) is 4.47 Å². The molecule has 0 radical (unpaired) electrons. The molecule has 0 saturated heterocycles. The van der Waals surface area contributed by atoms with E-state index in [4.69, 9.17) is 9.84 Å². The van der Waals surface area contributed by atoms with E-state index in [1.54, 1.807) is 7.11 Å². The zero-order valence-corrected chi connectivity index (χ0v) is 11.0. The Balaban J connectivity index is 3.06. The van der Waals surface area contributed by atoms with Crippen molar-refractivity contribution in [3.05, 3.63) is 28.2 Å². The predicted molar refractivity (Wildman–Crippen MR) is 66.0 cm³/mol. The number of rotatable bonds is 5. The minimum absolute atomic E-state index is 0.00931. The first-order chi connectivity index (χ1) is 7.58. The number of carboxylic acid groups (broad SMARTS) is 1. The van der Waals surface area contributed by atoms with Crippen LogP contribution in [0.3, 0.4) is 0 Å². The van der Waals surface area contributed by atoms with E-state index in [0.29, 0.717) is 0 Å². The van der Waals surface area contributed by atoms with E-state index in [0.717, 1.165) is 22.2 Å². The van der Waals surface area contributed by atoms with Crippen LogP contribution in [-0.4, -0.2) is 18.2 Å². The average molecular weight is 287 g/mol. The average Bonchev–Trinajstić information content (AvgIpc) is 2.25. The molecule has 1 aromatic carbocycles. The lowest BCUT2D eigenvalue weighted by Gasteiger charge is -2.16. The Bertz CT molecular complexity index is 377. The van der Waals surface area contributed by atoms with Crippen LogP contribution in [0, 0.1) is 0 Å². The van der Waals surface area contributed by atoms with E-state index >= 15 is 0 Å². The third kappa shape index (κ3) is 3.23. The van der Waals surface area contributed by atoms with Crippen molar-refractivity contribution in [3.63, 3.8) is 0 Å². The maximum absolute atomic E-state index is 10.8. The van der Waals surface area contributed by atoms with Crippen LogP contribution in [0.5, 0.6) is 5.75 Å². The number of methoxy groups -OCH3 is 1. The van der Waals surface area contributed by atoms with Gasteiger partial charge in [-0.25, -0.2) is 0 Å². The van der Waals surface area contributed by atoms with Gasteiger partial charge in [-0.05, 0) is 36.1 Å². The molecule has 1 aromatic rings. The maximum atomic E-state index is 10.8.